The van der Waals surface area contributed by atoms with Gasteiger partial charge in [-0.05, 0) is 55.5 Å². The summed E-state index contributed by atoms with van der Waals surface area (Å²) in [4.78, 5) is 18.9. The number of aromatic hydroxyl groups is 1. The standard InChI is InChI=1S/C23H22N2O3S/c1-28-18-12-7-8-15(21(18)26)14-24-23-20(17-11-5-6-13-19(17)29-23)22(27)25-16-9-3-2-4-10-16/h2-4,7-10,12,14,26H,5-6,11,13H2,1H3,(H,25,27)/b24-14+. The maximum Gasteiger partial charge on any atom is 0.259 e. The molecule has 3 aromatic rings. The van der Waals surface area contributed by atoms with Gasteiger partial charge in [0.15, 0.2) is 11.5 Å². The number of nitrogens with one attached hydrogen (secondary N) is 1. The first-order valence-corrected chi connectivity index (χ1v) is 10.4. The van der Waals surface area contributed by atoms with Gasteiger partial charge in [0.2, 0.25) is 0 Å². The number of thiophene rings is 1. The molecule has 0 spiro atoms. The van der Waals surface area contributed by atoms with Gasteiger partial charge >= 0.3 is 0 Å². The summed E-state index contributed by atoms with van der Waals surface area (Å²) in [7, 11) is 1.51. The molecule has 1 amide bonds. The summed E-state index contributed by atoms with van der Waals surface area (Å²) in [5.41, 5.74) is 3.06. The van der Waals surface area contributed by atoms with Crippen LogP contribution in [-0.4, -0.2) is 24.3 Å². The maximum absolute atomic E-state index is 13.1. The molecule has 1 aliphatic rings. The third-order valence-corrected chi connectivity index (χ3v) is 6.18. The minimum absolute atomic E-state index is 0.0374. The summed E-state index contributed by atoms with van der Waals surface area (Å²) in [6, 6.07) is 14.7. The Labute approximate surface area is 173 Å². The van der Waals surface area contributed by atoms with Crippen LogP contribution in [0.4, 0.5) is 10.7 Å². The van der Waals surface area contributed by atoms with Gasteiger partial charge in [-0.1, -0.05) is 24.3 Å². The van der Waals surface area contributed by atoms with E-state index in [0.717, 1.165) is 36.9 Å². The van der Waals surface area contributed by atoms with Crippen molar-refractivity contribution >= 4 is 34.1 Å². The number of hydrogen-bond donors (Lipinski definition) is 2. The average molecular weight is 407 g/mol. The molecule has 1 aromatic heterocycles. The third kappa shape index (κ3) is 4.03. The van der Waals surface area contributed by atoms with Crippen LogP contribution >= 0.6 is 11.3 Å². The lowest BCUT2D eigenvalue weighted by Crippen LogP contribution is -2.14. The highest BCUT2D eigenvalue weighted by Gasteiger charge is 2.25. The second kappa shape index (κ2) is 8.49. The number of para-hydroxylation sites is 2. The summed E-state index contributed by atoms with van der Waals surface area (Å²) in [5, 5.41) is 14.0. The highest BCUT2D eigenvalue weighted by atomic mass is 32.1. The number of amides is 1. The molecule has 0 aliphatic heterocycles. The largest absolute Gasteiger partial charge is 0.504 e. The van der Waals surface area contributed by atoms with Crippen LogP contribution < -0.4 is 10.1 Å². The molecule has 5 nitrogen and oxygen atoms in total. The molecular weight excluding hydrogens is 384 g/mol. The molecule has 148 valence electrons. The van der Waals surface area contributed by atoms with Crippen molar-refractivity contribution in [2.24, 2.45) is 4.99 Å². The van der Waals surface area contributed by atoms with Crippen molar-refractivity contribution < 1.29 is 14.6 Å². The molecule has 0 bridgehead atoms. The van der Waals surface area contributed by atoms with Crippen LogP contribution in [0.25, 0.3) is 0 Å². The first kappa shape index (κ1) is 19.2. The van der Waals surface area contributed by atoms with Gasteiger partial charge in [-0.15, -0.1) is 11.3 Å². The van der Waals surface area contributed by atoms with Crippen molar-refractivity contribution in [2.75, 3.05) is 12.4 Å². The van der Waals surface area contributed by atoms with E-state index in [1.807, 2.05) is 30.3 Å². The van der Waals surface area contributed by atoms with E-state index in [0.29, 0.717) is 21.9 Å². The van der Waals surface area contributed by atoms with Crippen LogP contribution in [0.2, 0.25) is 0 Å². The minimum atomic E-state index is -0.141. The maximum atomic E-state index is 13.1. The number of aliphatic imine (C=N–C) groups is 1. The first-order chi connectivity index (χ1) is 14.2. The van der Waals surface area contributed by atoms with Crippen molar-refractivity contribution in [1.82, 2.24) is 0 Å². The summed E-state index contributed by atoms with van der Waals surface area (Å²) < 4.78 is 5.16. The van der Waals surface area contributed by atoms with Crippen LogP contribution in [0.1, 0.15) is 39.2 Å². The summed E-state index contributed by atoms with van der Waals surface area (Å²) in [5.74, 6) is 0.287. The van der Waals surface area contributed by atoms with Crippen molar-refractivity contribution in [1.29, 1.82) is 0 Å². The topological polar surface area (TPSA) is 70.9 Å². The zero-order chi connectivity index (χ0) is 20.2. The van der Waals surface area contributed by atoms with E-state index in [2.05, 4.69) is 10.3 Å². The highest BCUT2D eigenvalue weighted by Crippen LogP contribution is 2.40. The fourth-order valence-electron chi connectivity index (χ4n) is 3.53. The Morgan fingerprint density at radius 2 is 1.93 bits per heavy atom. The number of methoxy groups -OCH3 is 1. The van der Waals surface area contributed by atoms with E-state index in [9.17, 15) is 9.90 Å². The third-order valence-electron chi connectivity index (χ3n) is 4.98. The number of carbonyl (C=O) groups is 1. The van der Waals surface area contributed by atoms with Crippen LogP contribution in [0, 0.1) is 0 Å². The zero-order valence-electron chi connectivity index (χ0n) is 16.1. The van der Waals surface area contributed by atoms with Crippen molar-refractivity contribution in [3.8, 4) is 11.5 Å². The van der Waals surface area contributed by atoms with Gasteiger partial charge in [0, 0.05) is 22.3 Å². The zero-order valence-corrected chi connectivity index (χ0v) is 17.0. The molecule has 4 rings (SSSR count). The molecule has 6 heteroatoms. The van der Waals surface area contributed by atoms with Gasteiger partial charge in [0.1, 0.15) is 5.00 Å². The fourth-order valence-corrected chi connectivity index (χ4v) is 4.76. The SMILES string of the molecule is COc1cccc(/C=N/c2sc3c(c2C(=O)Nc2ccccc2)CCCC3)c1O. The molecule has 0 atom stereocenters. The number of ether oxygens (including phenoxy) is 1. The van der Waals surface area contributed by atoms with E-state index in [-0.39, 0.29) is 11.7 Å². The van der Waals surface area contributed by atoms with Gasteiger partial charge in [0.25, 0.3) is 5.91 Å². The Bertz CT molecular complexity index is 1060. The summed E-state index contributed by atoms with van der Waals surface area (Å²) in [6.07, 6.45) is 5.67. The number of anilines is 1. The lowest BCUT2D eigenvalue weighted by Gasteiger charge is -2.12. The lowest BCUT2D eigenvalue weighted by molar-refractivity contribution is 0.102. The molecule has 0 radical (unpaired) electrons. The quantitative estimate of drug-likeness (QED) is 0.562. The Morgan fingerprint density at radius 1 is 1.14 bits per heavy atom. The van der Waals surface area contributed by atoms with Crippen LogP contribution in [0.3, 0.4) is 0 Å². The highest BCUT2D eigenvalue weighted by molar-refractivity contribution is 7.16. The number of phenols is 1. The predicted octanol–water partition coefficient (Wildman–Crippen LogP) is 5.34. The fraction of sp³-hybridized carbons (Fsp3) is 0.217. The number of benzene rings is 2. The van der Waals surface area contributed by atoms with Crippen LogP contribution in [0.5, 0.6) is 11.5 Å². The molecule has 29 heavy (non-hydrogen) atoms. The second-order valence-corrected chi connectivity index (χ2v) is 7.95. The summed E-state index contributed by atoms with van der Waals surface area (Å²) >= 11 is 1.56. The van der Waals surface area contributed by atoms with E-state index in [4.69, 9.17) is 4.74 Å². The smallest absolute Gasteiger partial charge is 0.259 e. The monoisotopic (exact) mass is 406 g/mol. The van der Waals surface area contributed by atoms with E-state index < -0.39 is 0 Å². The average Bonchev–Trinajstić information content (AvgIpc) is 3.12. The van der Waals surface area contributed by atoms with E-state index in [1.54, 1.807) is 35.8 Å². The van der Waals surface area contributed by atoms with Crippen LogP contribution in [0.15, 0.2) is 53.5 Å². The molecule has 0 unspecified atom stereocenters. The summed E-state index contributed by atoms with van der Waals surface area (Å²) in [6.45, 7) is 0. The molecule has 0 fully saturated rings. The number of fused-ring (bicyclic) bond motifs is 1. The molecule has 2 aromatic carbocycles. The van der Waals surface area contributed by atoms with Crippen molar-refractivity contribution in [2.45, 2.75) is 25.7 Å². The van der Waals surface area contributed by atoms with Gasteiger partial charge < -0.3 is 15.2 Å². The number of hydrogen-bond acceptors (Lipinski definition) is 5. The van der Waals surface area contributed by atoms with E-state index in [1.165, 1.54) is 12.0 Å². The first-order valence-electron chi connectivity index (χ1n) is 9.58. The van der Waals surface area contributed by atoms with Crippen molar-refractivity contribution in [3.63, 3.8) is 0 Å². The number of carbonyl (C=O) groups excluding carboxylic acids is 1. The van der Waals surface area contributed by atoms with Crippen LogP contribution in [-0.2, 0) is 12.8 Å². The second-order valence-electron chi connectivity index (χ2n) is 6.87. The lowest BCUT2D eigenvalue weighted by atomic mass is 9.95. The van der Waals surface area contributed by atoms with Gasteiger partial charge in [0.05, 0.1) is 12.7 Å². The van der Waals surface area contributed by atoms with E-state index >= 15 is 0 Å². The van der Waals surface area contributed by atoms with Crippen molar-refractivity contribution in [3.05, 3.63) is 70.1 Å². The molecule has 2 N–H and O–H groups in total. The van der Waals surface area contributed by atoms with Gasteiger partial charge in [-0.25, -0.2) is 4.99 Å². The Hall–Kier alpha value is -3.12. The molecule has 0 saturated heterocycles. The number of aryl methyl sites for hydroxylation is 1. The molecule has 0 saturated carbocycles. The van der Waals surface area contributed by atoms with Gasteiger partial charge in [-0.2, -0.15) is 0 Å². The molecule has 1 aliphatic carbocycles. The normalized spacial score (nSPS) is 13.3. The molecular formula is C23H22N2O3S. The Balaban J connectivity index is 1.70. The number of nitrogens with zero attached hydrogens (tertiary/aromatic N) is 1. The number of phenolic OH excluding ortho intramolecular Hbond substituents is 1. The predicted molar refractivity (Wildman–Crippen MR) is 117 cm³/mol. The Morgan fingerprint density at radius 3 is 2.72 bits per heavy atom. The molecule has 1 heterocycles. The van der Waals surface area contributed by atoms with Gasteiger partial charge in [-0.3, -0.25) is 4.79 Å². The Kier molecular flexibility index (Phi) is 5.62. The number of rotatable bonds is 5. The minimum Gasteiger partial charge on any atom is -0.504 e.